The predicted molar refractivity (Wildman–Crippen MR) is 110 cm³/mol. The maximum absolute atomic E-state index is 12.3. The Kier molecular flexibility index (Phi) is 6.93. The van der Waals surface area contributed by atoms with E-state index in [1.54, 1.807) is 0 Å². The average molecular weight is 383 g/mol. The molecule has 0 aromatic heterocycles. The van der Waals surface area contributed by atoms with Gasteiger partial charge in [-0.2, -0.15) is 0 Å². The Morgan fingerprint density at radius 3 is 2.46 bits per heavy atom. The van der Waals surface area contributed by atoms with E-state index >= 15 is 0 Å². The summed E-state index contributed by atoms with van der Waals surface area (Å²) in [5, 5.41) is 6.37. The predicted octanol–water partition coefficient (Wildman–Crippen LogP) is 3.97. The average Bonchev–Trinajstić information content (AvgIpc) is 3.15. The van der Waals surface area contributed by atoms with Gasteiger partial charge >= 0.3 is 0 Å². The molecule has 1 heterocycles. The molecule has 2 aromatic rings. The van der Waals surface area contributed by atoms with Crippen LogP contribution in [0.15, 0.2) is 42.5 Å². The third-order valence-electron chi connectivity index (χ3n) is 4.95. The van der Waals surface area contributed by atoms with Crippen LogP contribution in [0.3, 0.4) is 0 Å². The Labute approximate surface area is 167 Å². The van der Waals surface area contributed by atoms with E-state index in [1.807, 2.05) is 18.2 Å². The summed E-state index contributed by atoms with van der Waals surface area (Å²) in [6, 6.07) is 14.6. The van der Waals surface area contributed by atoms with Crippen LogP contribution in [-0.2, 0) is 17.8 Å². The lowest BCUT2D eigenvalue weighted by Gasteiger charge is -2.23. The van der Waals surface area contributed by atoms with Crippen LogP contribution >= 0.6 is 0 Å². The summed E-state index contributed by atoms with van der Waals surface area (Å²) < 4.78 is 10.7. The van der Waals surface area contributed by atoms with E-state index in [2.05, 4.69) is 55.7 Å². The Morgan fingerprint density at radius 1 is 1.04 bits per heavy atom. The number of ether oxygens (including phenoxy) is 2. The maximum atomic E-state index is 12.3. The van der Waals surface area contributed by atoms with Crippen molar-refractivity contribution in [3.8, 4) is 11.5 Å². The van der Waals surface area contributed by atoms with Gasteiger partial charge in [0.2, 0.25) is 12.7 Å². The molecule has 0 spiro atoms. The van der Waals surface area contributed by atoms with E-state index in [1.165, 1.54) is 11.1 Å². The number of rotatable bonds is 9. The zero-order chi connectivity index (χ0) is 19.9. The van der Waals surface area contributed by atoms with Crippen LogP contribution in [0.25, 0.3) is 0 Å². The van der Waals surface area contributed by atoms with E-state index in [9.17, 15) is 4.79 Å². The monoisotopic (exact) mass is 382 g/mol. The van der Waals surface area contributed by atoms with Crippen molar-refractivity contribution in [3.05, 3.63) is 59.2 Å². The third-order valence-corrected chi connectivity index (χ3v) is 4.95. The van der Waals surface area contributed by atoms with Gasteiger partial charge in [-0.15, -0.1) is 0 Å². The van der Waals surface area contributed by atoms with Crippen LogP contribution in [0.4, 0.5) is 0 Å². The molecule has 2 aromatic carbocycles. The van der Waals surface area contributed by atoms with Crippen LogP contribution in [0, 0.1) is 5.92 Å². The summed E-state index contributed by atoms with van der Waals surface area (Å²) in [5.41, 5.74) is 3.57. The fourth-order valence-corrected chi connectivity index (χ4v) is 3.44. The van der Waals surface area contributed by atoms with Gasteiger partial charge in [-0.25, -0.2) is 0 Å². The van der Waals surface area contributed by atoms with Gasteiger partial charge in [0.15, 0.2) is 11.5 Å². The van der Waals surface area contributed by atoms with Gasteiger partial charge in [0.25, 0.3) is 0 Å². The molecule has 1 amide bonds. The molecule has 150 valence electrons. The van der Waals surface area contributed by atoms with E-state index in [0.29, 0.717) is 12.5 Å². The van der Waals surface area contributed by atoms with Crippen LogP contribution in [0.1, 0.15) is 49.9 Å². The zero-order valence-corrected chi connectivity index (χ0v) is 17.0. The quantitative estimate of drug-likeness (QED) is 0.689. The minimum absolute atomic E-state index is 0.0223. The highest BCUT2D eigenvalue weighted by atomic mass is 16.7. The summed E-state index contributed by atoms with van der Waals surface area (Å²) >= 11 is 0. The normalized spacial score (nSPS) is 13.6. The van der Waals surface area contributed by atoms with Gasteiger partial charge in [-0.1, -0.05) is 57.5 Å². The van der Waals surface area contributed by atoms with E-state index in [-0.39, 0.29) is 25.3 Å². The molecule has 5 nitrogen and oxygen atoms in total. The Bertz CT molecular complexity index is 787. The first-order chi connectivity index (χ1) is 13.6. The summed E-state index contributed by atoms with van der Waals surface area (Å²) in [5.74, 6) is 1.85. The molecule has 1 aliphatic rings. The fourth-order valence-electron chi connectivity index (χ4n) is 3.44. The van der Waals surface area contributed by atoms with Crippen LogP contribution < -0.4 is 20.1 Å². The van der Waals surface area contributed by atoms with Crippen molar-refractivity contribution in [2.24, 2.45) is 5.92 Å². The lowest BCUT2D eigenvalue weighted by molar-refractivity contribution is -0.120. The Morgan fingerprint density at radius 2 is 1.75 bits per heavy atom. The molecular formula is C23H30N2O3. The third kappa shape index (κ3) is 5.26. The van der Waals surface area contributed by atoms with Gasteiger partial charge in [0, 0.05) is 12.6 Å². The molecule has 0 radical (unpaired) electrons. The molecule has 28 heavy (non-hydrogen) atoms. The molecular weight excluding hydrogens is 352 g/mol. The van der Waals surface area contributed by atoms with Crippen molar-refractivity contribution in [1.82, 2.24) is 10.6 Å². The lowest BCUT2D eigenvalue weighted by atomic mass is 9.94. The second-order valence-electron chi connectivity index (χ2n) is 7.56. The van der Waals surface area contributed by atoms with Crippen LogP contribution in [-0.4, -0.2) is 19.2 Å². The number of fused-ring (bicyclic) bond motifs is 1. The SMILES string of the molecule is CCCc1ccc([C@H](NCC(=O)NCc2ccc3c(c2)OCO3)C(C)C)cc1. The van der Waals surface area contributed by atoms with Crippen molar-refractivity contribution in [1.29, 1.82) is 0 Å². The largest absolute Gasteiger partial charge is 0.454 e. The van der Waals surface area contributed by atoms with Crippen LogP contribution in [0.5, 0.6) is 11.5 Å². The van der Waals surface area contributed by atoms with Crippen molar-refractivity contribution < 1.29 is 14.3 Å². The van der Waals surface area contributed by atoms with Crippen molar-refractivity contribution >= 4 is 5.91 Å². The minimum Gasteiger partial charge on any atom is -0.454 e. The van der Waals surface area contributed by atoms with E-state index < -0.39 is 0 Å². The van der Waals surface area contributed by atoms with Gasteiger partial charge in [-0.05, 0) is 41.2 Å². The molecule has 1 atom stereocenters. The first-order valence-electron chi connectivity index (χ1n) is 10.0. The van der Waals surface area contributed by atoms with Gasteiger partial charge in [0.1, 0.15) is 0 Å². The summed E-state index contributed by atoms with van der Waals surface area (Å²) in [6.07, 6.45) is 2.25. The molecule has 3 rings (SSSR count). The number of aryl methyl sites for hydroxylation is 1. The maximum Gasteiger partial charge on any atom is 0.234 e. The zero-order valence-electron chi connectivity index (χ0n) is 17.0. The molecule has 0 saturated carbocycles. The Hall–Kier alpha value is -2.53. The first kappa shape index (κ1) is 20.2. The fraction of sp³-hybridized carbons (Fsp3) is 0.435. The highest BCUT2D eigenvalue weighted by molar-refractivity contribution is 5.78. The number of hydrogen-bond donors (Lipinski definition) is 2. The number of carbonyl (C=O) groups is 1. The number of nitrogens with one attached hydrogen (secondary N) is 2. The lowest BCUT2D eigenvalue weighted by Crippen LogP contribution is -2.37. The summed E-state index contributed by atoms with van der Waals surface area (Å²) in [4.78, 5) is 12.3. The molecule has 0 bridgehead atoms. The van der Waals surface area contributed by atoms with Gasteiger partial charge in [0.05, 0.1) is 6.54 Å². The Balaban J connectivity index is 1.51. The second-order valence-corrected chi connectivity index (χ2v) is 7.56. The highest BCUT2D eigenvalue weighted by Crippen LogP contribution is 2.32. The minimum atomic E-state index is -0.0223. The second kappa shape index (κ2) is 9.60. The number of amides is 1. The molecule has 0 saturated heterocycles. The topological polar surface area (TPSA) is 59.6 Å². The molecule has 0 unspecified atom stereocenters. The number of benzene rings is 2. The number of carbonyl (C=O) groups excluding carboxylic acids is 1. The highest BCUT2D eigenvalue weighted by Gasteiger charge is 2.17. The summed E-state index contributed by atoms with van der Waals surface area (Å²) in [6.45, 7) is 7.53. The van der Waals surface area contributed by atoms with Crippen molar-refractivity contribution in [3.63, 3.8) is 0 Å². The van der Waals surface area contributed by atoms with Crippen molar-refractivity contribution in [2.75, 3.05) is 13.3 Å². The van der Waals surface area contributed by atoms with E-state index in [0.717, 1.165) is 29.9 Å². The van der Waals surface area contributed by atoms with Crippen LogP contribution in [0.2, 0.25) is 0 Å². The molecule has 2 N–H and O–H groups in total. The molecule has 5 heteroatoms. The number of hydrogen-bond acceptors (Lipinski definition) is 4. The standard InChI is InChI=1S/C23H30N2O3/c1-4-5-17-6-9-19(10-7-17)23(16(2)3)25-14-22(26)24-13-18-8-11-20-21(12-18)28-15-27-20/h6-12,16,23,25H,4-5,13-15H2,1-3H3,(H,24,26)/t23-/m1/s1. The molecule has 1 aliphatic heterocycles. The van der Waals surface area contributed by atoms with Gasteiger partial charge < -0.3 is 20.1 Å². The first-order valence-corrected chi connectivity index (χ1v) is 10.0. The van der Waals surface area contributed by atoms with Crippen molar-refractivity contribution in [2.45, 2.75) is 46.2 Å². The smallest absolute Gasteiger partial charge is 0.234 e. The van der Waals surface area contributed by atoms with Gasteiger partial charge in [-0.3, -0.25) is 4.79 Å². The molecule has 0 aliphatic carbocycles. The van der Waals surface area contributed by atoms with E-state index in [4.69, 9.17) is 9.47 Å². The summed E-state index contributed by atoms with van der Waals surface area (Å²) in [7, 11) is 0. The molecule has 0 fully saturated rings.